The van der Waals surface area contributed by atoms with Gasteiger partial charge in [0.25, 0.3) is 0 Å². The monoisotopic (exact) mass is 216 g/mol. The molecule has 0 unspecified atom stereocenters. The molecule has 0 aliphatic heterocycles. The molecule has 1 aliphatic rings. The van der Waals surface area contributed by atoms with E-state index in [-0.39, 0.29) is 0 Å². The fraction of sp³-hybridized carbons (Fsp3) is 0.556. The summed E-state index contributed by atoms with van der Waals surface area (Å²) < 4.78 is 1.18. The summed E-state index contributed by atoms with van der Waals surface area (Å²) in [6.07, 6.45) is 5.96. The second-order valence-electron chi connectivity index (χ2n) is 2.76. The fourth-order valence-corrected chi connectivity index (χ4v) is 1.89. The Bertz CT molecular complexity index is 204. The molecule has 0 saturated heterocycles. The van der Waals surface area contributed by atoms with Crippen molar-refractivity contribution in [1.29, 1.82) is 0 Å². The first-order chi connectivity index (χ1) is 5.25. The molecule has 1 rings (SSSR count). The third kappa shape index (κ3) is 2.09. The lowest BCUT2D eigenvalue weighted by Crippen LogP contribution is -1.97. The SMILES string of the molecule is CCCC1=C(Br)CCC=C1O. The minimum Gasteiger partial charge on any atom is -0.508 e. The molecule has 0 amide bonds. The highest BCUT2D eigenvalue weighted by Crippen LogP contribution is 2.30. The van der Waals surface area contributed by atoms with Gasteiger partial charge in [0, 0.05) is 10.1 Å². The number of halogens is 1. The first kappa shape index (κ1) is 8.85. The Morgan fingerprint density at radius 2 is 2.36 bits per heavy atom. The first-order valence-corrected chi connectivity index (χ1v) is 4.82. The van der Waals surface area contributed by atoms with E-state index < -0.39 is 0 Å². The van der Waals surface area contributed by atoms with Gasteiger partial charge in [-0.05, 0) is 25.3 Å². The molecule has 0 radical (unpaired) electrons. The van der Waals surface area contributed by atoms with Gasteiger partial charge in [-0.15, -0.1) is 0 Å². The summed E-state index contributed by atoms with van der Waals surface area (Å²) in [6, 6.07) is 0. The van der Waals surface area contributed by atoms with Crippen LogP contribution < -0.4 is 0 Å². The zero-order valence-corrected chi connectivity index (χ0v) is 8.32. The molecule has 0 bridgehead atoms. The topological polar surface area (TPSA) is 20.2 Å². The zero-order chi connectivity index (χ0) is 8.27. The average molecular weight is 217 g/mol. The van der Waals surface area contributed by atoms with Crippen molar-refractivity contribution in [2.75, 3.05) is 0 Å². The summed E-state index contributed by atoms with van der Waals surface area (Å²) in [5.74, 6) is 0.477. The van der Waals surface area contributed by atoms with Crippen LogP contribution in [0.25, 0.3) is 0 Å². The van der Waals surface area contributed by atoms with E-state index in [1.165, 1.54) is 4.48 Å². The number of rotatable bonds is 2. The third-order valence-electron chi connectivity index (χ3n) is 1.84. The summed E-state index contributed by atoms with van der Waals surface area (Å²) >= 11 is 3.47. The van der Waals surface area contributed by atoms with Crippen LogP contribution in [0, 0.1) is 0 Å². The number of aliphatic hydroxyl groups is 1. The molecule has 1 aliphatic carbocycles. The van der Waals surface area contributed by atoms with Crippen molar-refractivity contribution in [3.05, 3.63) is 21.9 Å². The number of hydrogen-bond donors (Lipinski definition) is 1. The van der Waals surface area contributed by atoms with E-state index in [4.69, 9.17) is 0 Å². The number of hydrogen-bond acceptors (Lipinski definition) is 1. The lowest BCUT2D eigenvalue weighted by atomic mass is 10.0. The molecule has 62 valence electrons. The van der Waals surface area contributed by atoms with Crippen molar-refractivity contribution < 1.29 is 5.11 Å². The molecule has 0 aromatic carbocycles. The first-order valence-electron chi connectivity index (χ1n) is 4.02. The van der Waals surface area contributed by atoms with Crippen LogP contribution in [-0.2, 0) is 0 Å². The fourth-order valence-electron chi connectivity index (χ4n) is 1.26. The van der Waals surface area contributed by atoms with Crippen LogP contribution in [0.2, 0.25) is 0 Å². The molecule has 2 heteroatoms. The van der Waals surface area contributed by atoms with Crippen molar-refractivity contribution in [2.24, 2.45) is 0 Å². The minimum absolute atomic E-state index is 0.477. The van der Waals surface area contributed by atoms with Crippen LogP contribution >= 0.6 is 15.9 Å². The lowest BCUT2D eigenvalue weighted by molar-refractivity contribution is 0.411. The molecule has 0 aromatic rings. The normalized spacial score (nSPS) is 18.5. The highest BCUT2D eigenvalue weighted by Gasteiger charge is 2.11. The molecule has 0 spiro atoms. The zero-order valence-electron chi connectivity index (χ0n) is 6.73. The van der Waals surface area contributed by atoms with Gasteiger partial charge in [0.15, 0.2) is 0 Å². The van der Waals surface area contributed by atoms with E-state index in [0.29, 0.717) is 5.76 Å². The molecular formula is C9H13BrO. The van der Waals surface area contributed by atoms with Gasteiger partial charge in [0.2, 0.25) is 0 Å². The molecule has 11 heavy (non-hydrogen) atoms. The Kier molecular flexibility index (Phi) is 3.18. The predicted octanol–water partition coefficient (Wildman–Crippen LogP) is 3.67. The average Bonchev–Trinajstić information content (AvgIpc) is 1.97. The summed E-state index contributed by atoms with van der Waals surface area (Å²) in [5, 5.41) is 9.44. The van der Waals surface area contributed by atoms with Gasteiger partial charge in [-0.2, -0.15) is 0 Å². The van der Waals surface area contributed by atoms with Crippen LogP contribution in [0.4, 0.5) is 0 Å². The highest BCUT2D eigenvalue weighted by molar-refractivity contribution is 9.11. The molecule has 1 N–H and O–H groups in total. The van der Waals surface area contributed by atoms with Crippen LogP contribution in [-0.4, -0.2) is 5.11 Å². The van der Waals surface area contributed by atoms with E-state index in [1.54, 1.807) is 0 Å². The van der Waals surface area contributed by atoms with Gasteiger partial charge in [-0.3, -0.25) is 0 Å². The van der Waals surface area contributed by atoms with Crippen molar-refractivity contribution in [3.8, 4) is 0 Å². The number of allylic oxidation sites excluding steroid dienone is 3. The molecule has 1 nitrogen and oxygen atoms in total. The Labute approximate surface area is 75.9 Å². The van der Waals surface area contributed by atoms with E-state index in [0.717, 1.165) is 31.3 Å². The van der Waals surface area contributed by atoms with Crippen molar-refractivity contribution in [3.63, 3.8) is 0 Å². The predicted molar refractivity (Wildman–Crippen MR) is 50.8 cm³/mol. The maximum absolute atomic E-state index is 9.44. The maximum atomic E-state index is 9.44. The van der Waals surface area contributed by atoms with Gasteiger partial charge >= 0.3 is 0 Å². The smallest absolute Gasteiger partial charge is 0.115 e. The standard InChI is InChI=1S/C9H13BrO/c1-2-4-7-8(10)5-3-6-9(7)11/h6,11H,2-5H2,1H3. The van der Waals surface area contributed by atoms with Crippen molar-refractivity contribution >= 4 is 15.9 Å². The third-order valence-corrected chi connectivity index (χ3v) is 2.71. The minimum atomic E-state index is 0.477. The number of aliphatic hydroxyl groups excluding tert-OH is 1. The molecule has 0 atom stereocenters. The molecular weight excluding hydrogens is 204 g/mol. The largest absolute Gasteiger partial charge is 0.508 e. The second kappa shape index (κ2) is 3.96. The van der Waals surface area contributed by atoms with Crippen molar-refractivity contribution in [2.45, 2.75) is 32.6 Å². The molecule has 0 heterocycles. The van der Waals surface area contributed by atoms with Gasteiger partial charge in [-0.1, -0.05) is 29.3 Å². The highest BCUT2D eigenvalue weighted by atomic mass is 79.9. The van der Waals surface area contributed by atoms with Crippen LogP contribution in [0.1, 0.15) is 32.6 Å². The maximum Gasteiger partial charge on any atom is 0.115 e. The van der Waals surface area contributed by atoms with E-state index in [1.807, 2.05) is 6.08 Å². The molecule has 0 aromatic heterocycles. The Balaban J connectivity index is 2.76. The van der Waals surface area contributed by atoms with Gasteiger partial charge in [0.1, 0.15) is 5.76 Å². The van der Waals surface area contributed by atoms with Gasteiger partial charge in [0.05, 0.1) is 0 Å². The lowest BCUT2D eigenvalue weighted by Gasteiger charge is -2.13. The van der Waals surface area contributed by atoms with E-state index in [9.17, 15) is 5.11 Å². The van der Waals surface area contributed by atoms with Gasteiger partial charge < -0.3 is 5.11 Å². The van der Waals surface area contributed by atoms with Crippen LogP contribution in [0.15, 0.2) is 21.9 Å². The Morgan fingerprint density at radius 1 is 1.64 bits per heavy atom. The second-order valence-corrected chi connectivity index (χ2v) is 3.72. The van der Waals surface area contributed by atoms with E-state index in [2.05, 4.69) is 22.9 Å². The summed E-state index contributed by atoms with van der Waals surface area (Å²) in [7, 11) is 0. The van der Waals surface area contributed by atoms with Crippen LogP contribution in [0.5, 0.6) is 0 Å². The Morgan fingerprint density at radius 3 is 2.91 bits per heavy atom. The summed E-state index contributed by atoms with van der Waals surface area (Å²) in [5.41, 5.74) is 1.10. The molecule has 0 saturated carbocycles. The summed E-state index contributed by atoms with van der Waals surface area (Å²) in [6.45, 7) is 2.12. The summed E-state index contributed by atoms with van der Waals surface area (Å²) in [4.78, 5) is 0. The quantitative estimate of drug-likeness (QED) is 0.748. The van der Waals surface area contributed by atoms with Crippen molar-refractivity contribution in [1.82, 2.24) is 0 Å². The molecule has 0 fully saturated rings. The van der Waals surface area contributed by atoms with Crippen LogP contribution in [0.3, 0.4) is 0 Å². The Hall–Kier alpha value is -0.240. The van der Waals surface area contributed by atoms with E-state index >= 15 is 0 Å². The van der Waals surface area contributed by atoms with Gasteiger partial charge in [-0.25, -0.2) is 0 Å².